The third kappa shape index (κ3) is 5.29. The van der Waals surface area contributed by atoms with Gasteiger partial charge < -0.3 is 18.9 Å². The Morgan fingerprint density at radius 1 is 0.676 bits per heavy atom. The second kappa shape index (κ2) is 10.9. The highest BCUT2D eigenvalue weighted by Crippen LogP contribution is 2.22. The standard InChI is InChI=1S/C13H17N3.C12H14ClN3.2CH4/c1-10-3-4-12-11(9-10)14-13-5-6-15(2)7-8-16(12)13;1-15-5-4-12-14-10-8-9(13)2-3-11(10)16(12)7-6-15;;/h3-4,9H,5-8H2,1-2H3;2-3,8H,4-7H2,1H3;2*1H4. The van der Waals surface area contributed by atoms with E-state index in [1.165, 1.54) is 28.2 Å². The highest BCUT2D eigenvalue weighted by atomic mass is 35.5. The first kappa shape index (κ1) is 26.2. The molecule has 0 spiro atoms. The monoisotopic (exact) mass is 482 g/mol. The molecule has 0 unspecified atom stereocenters. The van der Waals surface area contributed by atoms with Gasteiger partial charge >= 0.3 is 0 Å². The SMILES string of the molecule is C.C.CN1CCc2nc3cc(Cl)ccc3n2CC1.Cc1ccc2c(c1)nc1n2CCN(C)CC1. The van der Waals surface area contributed by atoms with Gasteiger partial charge in [-0.2, -0.15) is 0 Å². The number of aromatic nitrogens is 4. The predicted molar refractivity (Wildman–Crippen MR) is 145 cm³/mol. The fourth-order valence-electron chi connectivity index (χ4n) is 4.67. The number of halogens is 1. The average Bonchev–Trinajstić information content (AvgIpc) is 3.15. The van der Waals surface area contributed by atoms with Crippen LogP contribution in [0.4, 0.5) is 0 Å². The number of fused-ring (bicyclic) bond motifs is 6. The van der Waals surface area contributed by atoms with E-state index in [-0.39, 0.29) is 14.9 Å². The number of benzene rings is 2. The second-order valence-corrected chi connectivity index (χ2v) is 9.53. The summed E-state index contributed by atoms with van der Waals surface area (Å²) in [6.45, 7) is 8.60. The van der Waals surface area contributed by atoms with Crippen LogP contribution in [0.25, 0.3) is 22.1 Å². The summed E-state index contributed by atoms with van der Waals surface area (Å²) in [5.41, 5.74) is 5.95. The van der Waals surface area contributed by atoms with Crippen LogP contribution in [0.5, 0.6) is 0 Å². The van der Waals surface area contributed by atoms with Crippen molar-refractivity contribution in [1.29, 1.82) is 0 Å². The third-order valence-electron chi connectivity index (χ3n) is 6.62. The molecule has 2 aromatic carbocycles. The molecule has 34 heavy (non-hydrogen) atoms. The average molecular weight is 483 g/mol. The largest absolute Gasteiger partial charge is 0.327 e. The van der Waals surface area contributed by atoms with Crippen molar-refractivity contribution >= 4 is 33.7 Å². The quantitative estimate of drug-likeness (QED) is 0.342. The molecule has 4 aromatic rings. The first-order chi connectivity index (χ1) is 15.5. The van der Waals surface area contributed by atoms with Gasteiger partial charge in [0.15, 0.2) is 0 Å². The minimum Gasteiger partial charge on any atom is -0.327 e. The summed E-state index contributed by atoms with van der Waals surface area (Å²) in [5.74, 6) is 2.42. The summed E-state index contributed by atoms with van der Waals surface area (Å²) in [7, 11) is 4.34. The molecule has 2 aromatic heterocycles. The lowest BCUT2D eigenvalue weighted by Crippen LogP contribution is -2.21. The van der Waals surface area contributed by atoms with Gasteiger partial charge in [0, 0.05) is 57.1 Å². The number of hydrogen-bond donors (Lipinski definition) is 0. The maximum Gasteiger partial charge on any atom is 0.111 e. The molecule has 0 N–H and O–H groups in total. The Balaban J connectivity index is 0.000000180. The molecule has 0 saturated carbocycles. The van der Waals surface area contributed by atoms with Gasteiger partial charge in [-0.15, -0.1) is 0 Å². The van der Waals surface area contributed by atoms with Crippen LogP contribution in [0.15, 0.2) is 36.4 Å². The van der Waals surface area contributed by atoms with Crippen molar-refractivity contribution in [3.8, 4) is 0 Å². The molecule has 4 heterocycles. The van der Waals surface area contributed by atoms with Gasteiger partial charge in [0.25, 0.3) is 0 Å². The normalized spacial score (nSPS) is 16.4. The Labute approximate surface area is 209 Å². The molecule has 7 heteroatoms. The summed E-state index contributed by atoms with van der Waals surface area (Å²) in [4.78, 5) is 14.1. The number of likely N-dealkylation sites (N-methyl/N-ethyl adjacent to an activating group) is 2. The van der Waals surface area contributed by atoms with E-state index in [0.29, 0.717) is 0 Å². The fraction of sp³-hybridized carbons (Fsp3) is 0.481. The van der Waals surface area contributed by atoms with Crippen molar-refractivity contribution in [1.82, 2.24) is 28.9 Å². The zero-order chi connectivity index (χ0) is 22.2. The number of hydrogen-bond acceptors (Lipinski definition) is 4. The summed E-state index contributed by atoms with van der Waals surface area (Å²) >= 11 is 5.98. The van der Waals surface area contributed by atoms with E-state index in [2.05, 4.69) is 69.2 Å². The zero-order valence-corrected chi connectivity index (χ0v) is 19.9. The second-order valence-electron chi connectivity index (χ2n) is 9.09. The van der Waals surface area contributed by atoms with E-state index in [9.17, 15) is 0 Å². The van der Waals surface area contributed by atoms with Gasteiger partial charge in [0.05, 0.1) is 22.1 Å². The van der Waals surface area contributed by atoms with E-state index in [1.54, 1.807) is 0 Å². The van der Waals surface area contributed by atoms with Gasteiger partial charge in [-0.3, -0.25) is 0 Å². The molecule has 0 aliphatic carbocycles. The summed E-state index contributed by atoms with van der Waals surface area (Å²) in [6, 6.07) is 12.5. The van der Waals surface area contributed by atoms with E-state index < -0.39 is 0 Å². The van der Waals surface area contributed by atoms with Crippen molar-refractivity contribution < 1.29 is 0 Å². The zero-order valence-electron chi connectivity index (χ0n) is 19.2. The number of aryl methyl sites for hydroxylation is 1. The lowest BCUT2D eigenvalue weighted by Gasteiger charge is -2.11. The van der Waals surface area contributed by atoms with E-state index >= 15 is 0 Å². The van der Waals surface area contributed by atoms with Crippen molar-refractivity contribution in [3.63, 3.8) is 0 Å². The first-order valence-electron chi connectivity index (χ1n) is 11.5. The smallest absolute Gasteiger partial charge is 0.111 e. The molecular weight excluding hydrogens is 444 g/mol. The fourth-order valence-corrected chi connectivity index (χ4v) is 4.84. The molecule has 0 saturated heterocycles. The van der Waals surface area contributed by atoms with Crippen LogP contribution in [0, 0.1) is 6.92 Å². The Hall–Kier alpha value is -2.41. The number of nitrogens with zero attached hydrogens (tertiary/aromatic N) is 6. The van der Waals surface area contributed by atoms with Crippen LogP contribution in [0.2, 0.25) is 5.02 Å². The Morgan fingerprint density at radius 2 is 1.18 bits per heavy atom. The van der Waals surface area contributed by atoms with E-state index in [0.717, 1.165) is 68.2 Å². The molecule has 0 bridgehead atoms. The van der Waals surface area contributed by atoms with Gasteiger partial charge in [0.1, 0.15) is 11.6 Å². The molecule has 2 aliphatic heterocycles. The molecule has 184 valence electrons. The molecular formula is C27H39ClN6. The summed E-state index contributed by atoms with van der Waals surface area (Å²) in [6.07, 6.45) is 2.08. The molecule has 6 rings (SSSR count). The van der Waals surface area contributed by atoms with Crippen molar-refractivity contribution in [2.45, 2.75) is 47.7 Å². The molecule has 2 aliphatic rings. The Morgan fingerprint density at radius 3 is 1.74 bits per heavy atom. The van der Waals surface area contributed by atoms with Crippen LogP contribution in [-0.4, -0.2) is 69.2 Å². The van der Waals surface area contributed by atoms with Gasteiger partial charge in [-0.1, -0.05) is 32.5 Å². The maximum atomic E-state index is 5.98. The Kier molecular flexibility index (Phi) is 8.39. The molecule has 0 atom stereocenters. The van der Waals surface area contributed by atoms with Crippen molar-refractivity contribution in [2.75, 3.05) is 40.3 Å². The minimum atomic E-state index is 0. The van der Waals surface area contributed by atoms with Crippen LogP contribution in [0.1, 0.15) is 32.1 Å². The van der Waals surface area contributed by atoms with Crippen molar-refractivity contribution in [3.05, 3.63) is 58.6 Å². The highest BCUT2D eigenvalue weighted by molar-refractivity contribution is 6.31. The van der Waals surface area contributed by atoms with Gasteiger partial charge in [-0.05, 0) is 56.9 Å². The van der Waals surface area contributed by atoms with Crippen LogP contribution < -0.4 is 0 Å². The molecule has 0 radical (unpaired) electrons. The van der Waals surface area contributed by atoms with Crippen LogP contribution in [-0.2, 0) is 25.9 Å². The third-order valence-corrected chi connectivity index (χ3v) is 6.85. The highest BCUT2D eigenvalue weighted by Gasteiger charge is 2.16. The maximum absolute atomic E-state index is 5.98. The Bertz CT molecular complexity index is 1160. The predicted octanol–water partition coefficient (Wildman–Crippen LogP) is 5.28. The lowest BCUT2D eigenvalue weighted by molar-refractivity contribution is 0.342. The minimum absolute atomic E-state index is 0. The molecule has 6 nitrogen and oxygen atoms in total. The van der Waals surface area contributed by atoms with E-state index in [4.69, 9.17) is 16.6 Å². The lowest BCUT2D eigenvalue weighted by atomic mass is 10.2. The van der Waals surface area contributed by atoms with Gasteiger partial charge in [-0.25, -0.2) is 9.97 Å². The van der Waals surface area contributed by atoms with Crippen molar-refractivity contribution in [2.24, 2.45) is 0 Å². The molecule has 0 fully saturated rings. The van der Waals surface area contributed by atoms with Crippen LogP contribution in [0.3, 0.4) is 0 Å². The topological polar surface area (TPSA) is 42.1 Å². The first-order valence-corrected chi connectivity index (χ1v) is 11.8. The summed E-state index contributed by atoms with van der Waals surface area (Å²) < 4.78 is 4.69. The molecule has 0 amide bonds. The number of rotatable bonds is 0. The summed E-state index contributed by atoms with van der Waals surface area (Å²) in [5, 5.41) is 0.762. The van der Waals surface area contributed by atoms with E-state index in [1.807, 2.05) is 12.1 Å². The number of imidazole rings is 2. The van der Waals surface area contributed by atoms with Gasteiger partial charge in [0.2, 0.25) is 0 Å². The van der Waals surface area contributed by atoms with Crippen LogP contribution >= 0.6 is 11.6 Å².